The summed E-state index contributed by atoms with van der Waals surface area (Å²) in [5, 5.41) is 14.7. The molecule has 3 N–H and O–H groups in total. The number of fused-ring (bicyclic) bond motifs is 1. The first kappa shape index (κ1) is 25.2. The van der Waals surface area contributed by atoms with E-state index in [-0.39, 0.29) is 5.91 Å². The number of hydrogen-bond donors (Lipinski definition) is 3. The Hall–Kier alpha value is -2.41. The van der Waals surface area contributed by atoms with Crippen LogP contribution >= 0.6 is 0 Å². The molecule has 1 aliphatic rings. The highest BCUT2D eigenvalue weighted by molar-refractivity contribution is 5.88. The Balaban J connectivity index is 1.56. The summed E-state index contributed by atoms with van der Waals surface area (Å²) in [6.45, 7) is 8.19. The van der Waals surface area contributed by atoms with Crippen molar-refractivity contribution in [3.63, 3.8) is 0 Å². The fraction of sp³-hybridized carbons (Fsp3) is 0.519. The molecule has 1 heterocycles. The number of rotatable bonds is 12. The Labute approximate surface area is 198 Å². The van der Waals surface area contributed by atoms with Crippen LogP contribution in [0.1, 0.15) is 52.4 Å². The quantitative estimate of drug-likeness (QED) is 0.188. The highest BCUT2D eigenvalue weighted by Crippen LogP contribution is 2.25. The van der Waals surface area contributed by atoms with Gasteiger partial charge in [-0.25, -0.2) is 5.48 Å². The number of ether oxygens (including phenoxy) is 1. The number of hydrogen-bond acceptors (Lipinski definition) is 5. The van der Waals surface area contributed by atoms with Crippen molar-refractivity contribution in [2.24, 2.45) is 0 Å². The zero-order valence-corrected chi connectivity index (χ0v) is 20.1. The zero-order valence-electron chi connectivity index (χ0n) is 20.1. The summed E-state index contributed by atoms with van der Waals surface area (Å²) in [5.41, 5.74) is 2.93. The molecule has 0 atom stereocenters. The molecular formula is C27H39N3O3. The smallest absolute Gasteiger partial charge is 0.243 e. The van der Waals surface area contributed by atoms with Gasteiger partial charge in [0.25, 0.3) is 0 Å². The minimum Gasteiger partial charge on any atom is -0.489 e. The van der Waals surface area contributed by atoms with Gasteiger partial charge < -0.3 is 15.0 Å². The van der Waals surface area contributed by atoms with E-state index in [4.69, 9.17) is 9.94 Å². The number of benzene rings is 2. The number of carbonyl (C=O) groups is 1. The van der Waals surface area contributed by atoms with E-state index < -0.39 is 0 Å². The summed E-state index contributed by atoms with van der Waals surface area (Å²) in [4.78, 5) is 13.8. The molecule has 0 aliphatic carbocycles. The highest BCUT2D eigenvalue weighted by atomic mass is 16.5. The number of carbonyl (C=O) groups excluding carboxylic acids is 1. The number of amides is 1. The topological polar surface area (TPSA) is 73.8 Å². The van der Waals surface area contributed by atoms with Crippen LogP contribution in [0.4, 0.5) is 0 Å². The number of nitrogens with one attached hydrogen (secondary N) is 2. The van der Waals surface area contributed by atoms with Crippen LogP contribution in [0, 0.1) is 0 Å². The molecule has 0 spiro atoms. The molecule has 1 amide bonds. The van der Waals surface area contributed by atoms with Gasteiger partial charge in [0.05, 0.1) is 0 Å². The summed E-state index contributed by atoms with van der Waals surface area (Å²) in [6, 6.07) is 15.6. The predicted molar refractivity (Wildman–Crippen MR) is 134 cm³/mol. The van der Waals surface area contributed by atoms with Gasteiger partial charge in [0, 0.05) is 30.4 Å². The van der Waals surface area contributed by atoms with E-state index in [1.54, 1.807) is 5.48 Å². The van der Waals surface area contributed by atoms with Crippen molar-refractivity contribution < 1.29 is 14.7 Å². The van der Waals surface area contributed by atoms with Crippen LogP contribution < -0.4 is 15.5 Å². The maximum absolute atomic E-state index is 11.2. The van der Waals surface area contributed by atoms with Gasteiger partial charge >= 0.3 is 0 Å². The van der Waals surface area contributed by atoms with Gasteiger partial charge in [0.2, 0.25) is 5.91 Å². The summed E-state index contributed by atoms with van der Waals surface area (Å²) < 4.78 is 6.27. The van der Waals surface area contributed by atoms with Gasteiger partial charge in [-0.1, -0.05) is 42.5 Å². The van der Waals surface area contributed by atoms with Crippen molar-refractivity contribution in [1.29, 1.82) is 0 Å². The number of nitrogens with zero attached hydrogens (tertiary/aromatic N) is 1. The average molecular weight is 454 g/mol. The number of likely N-dealkylation sites (tertiary alicyclic amines) is 1. The van der Waals surface area contributed by atoms with E-state index in [0.29, 0.717) is 25.1 Å². The molecule has 33 heavy (non-hydrogen) atoms. The molecule has 1 saturated heterocycles. The van der Waals surface area contributed by atoms with Crippen molar-refractivity contribution in [2.75, 3.05) is 26.2 Å². The molecule has 0 saturated carbocycles. The van der Waals surface area contributed by atoms with Crippen molar-refractivity contribution in [1.82, 2.24) is 15.7 Å². The lowest BCUT2D eigenvalue weighted by atomic mass is 10.0. The second kappa shape index (κ2) is 13.3. The van der Waals surface area contributed by atoms with E-state index >= 15 is 0 Å². The number of allylic oxidation sites excluding steroid dienone is 1. The molecule has 0 unspecified atom stereocenters. The van der Waals surface area contributed by atoms with E-state index in [1.165, 1.54) is 23.8 Å². The molecule has 1 fully saturated rings. The Morgan fingerprint density at radius 3 is 2.67 bits per heavy atom. The molecule has 180 valence electrons. The minimum absolute atomic E-state index is 0.326. The van der Waals surface area contributed by atoms with Crippen LogP contribution in [0.2, 0.25) is 0 Å². The molecule has 6 nitrogen and oxygen atoms in total. The number of hydroxylamine groups is 1. The molecule has 6 heteroatoms. The molecule has 0 bridgehead atoms. The second-order valence-electron chi connectivity index (χ2n) is 9.19. The van der Waals surface area contributed by atoms with Crippen LogP contribution in [0.15, 0.2) is 54.1 Å². The Morgan fingerprint density at radius 1 is 1.15 bits per heavy atom. The van der Waals surface area contributed by atoms with E-state index in [9.17, 15) is 4.79 Å². The van der Waals surface area contributed by atoms with Gasteiger partial charge in [-0.05, 0) is 76.1 Å². The SMILES string of the molecule is CC(C)N1CCC(NCC(=CCCCCC(=O)NO)COc2cccc3ccccc23)CC1. The van der Waals surface area contributed by atoms with Crippen molar-refractivity contribution >= 4 is 16.7 Å². The van der Waals surface area contributed by atoms with E-state index in [1.807, 2.05) is 24.3 Å². The largest absolute Gasteiger partial charge is 0.489 e. The summed E-state index contributed by atoms with van der Waals surface area (Å²) in [6.07, 6.45) is 7.48. The lowest BCUT2D eigenvalue weighted by Crippen LogP contribution is -2.45. The Kier molecular flexibility index (Phi) is 10.2. The van der Waals surface area contributed by atoms with Crippen molar-refractivity contribution in [3.05, 3.63) is 54.1 Å². The molecule has 0 aromatic heterocycles. The van der Waals surface area contributed by atoms with Gasteiger partial charge in [0.15, 0.2) is 0 Å². The standard InChI is InChI=1S/C27H39N3O3/c1-21(2)30-17-15-24(16-18-30)28-19-22(9-4-3-5-14-27(31)29-32)20-33-26-13-8-11-23-10-6-7-12-25(23)26/h6-13,21,24,28,32H,3-5,14-20H2,1-2H3,(H,29,31). The van der Waals surface area contributed by atoms with Crippen molar-refractivity contribution in [3.8, 4) is 5.75 Å². The third-order valence-electron chi connectivity index (χ3n) is 6.46. The highest BCUT2D eigenvalue weighted by Gasteiger charge is 2.20. The third kappa shape index (κ3) is 8.14. The first-order valence-corrected chi connectivity index (χ1v) is 12.3. The fourth-order valence-electron chi connectivity index (χ4n) is 4.36. The van der Waals surface area contributed by atoms with E-state index in [0.717, 1.165) is 50.0 Å². The molecule has 3 rings (SSSR count). The first-order valence-electron chi connectivity index (χ1n) is 12.3. The Morgan fingerprint density at radius 2 is 1.91 bits per heavy atom. The van der Waals surface area contributed by atoms with Gasteiger partial charge in [-0.3, -0.25) is 10.0 Å². The second-order valence-corrected chi connectivity index (χ2v) is 9.19. The maximum Gasteiger partial charge on any atom is 0.243 e. The van der Waals surface area contributed by atoms with Crippen LogP contribution in [0.3, 0.4) is 0 Å². The van der Waals surface area contributed by atoms with Crippen molar-refractivity contribution in [2.45, 2.75) is 64.5 Å². The van der Waals surface area contributed by atoms with Gasteiger partial charge in [0.1, 0.15) is 12.4 Å². The predicted octanol–water partition coefficient (Wildman–Crippen LogP) is 4.67. The zero-order chi connectivity index (χ0) is 23.5. The fourth-order valence-corrected chi connectivity index (χ4v) is 4.36. The van der Waals surface area contributed by atoms with Gasteiger partial charge in [-0.15, -0.1) is 0 Å². The summed E-state index contributed by atoms with van der Waals surface area (Å²) in [5.74, 6) is 0.580. The normalized spacial score (nSPS) is 15.8. The first-order chi connectivity index (χ1) is 16.1. The number of unbranched alkanes of at least 4 members (excludes halogenated alkanes) is 2. The average Bonchev–Trinajstić information content (AvgIpc) is 2.85. The molecule has 2 aromatic carbocycles. The van der Waals surface area contributed by atoms with Crippen LogP contribution in [0.5, 0.6) is 5.75 Å². The Bertz CT molecular complexity index is 899. The molecule has 1 aliphatic heterocycles. The van der Waals surface area contributed by atoms with E-state index in [2.05, 4.69) is 48.3 Å². The summed E-state index contributed by atoms with van der Waals surface area (Å²) in [7, 11) is 0. The maximum atomic E-state index is 11.2. The molecule has 2 aromatic rings. The minimum atomic E-state index is -0.326. The van der Waals surface area contributed by atoms with Crippen LogP contribution in [0.25, 0.3) is 10.8 Å². The molecule has 0 radical (unpaired) electrons. The molecular weight excluding hydrogens is 414 g/mol. The lowest BCUT2D eigenvalue weighted by Gasteiger charge is -2.35. The summed E-state index contributed by atoms with van der Waals surface area (Å²) >= 11 is 0. The number of piperidine rings is 1. The monoisotopic (exact) mass is 453 g/mol. The van der Waals surface area contributed by atoms with Crippen LogP contribution in [-0.4, -0.2) is 54.3 Å². The third-order valence-corrected chi connectivity index (χ3v) is 6.46. The van der Waals surface area contributed by atoms with Gasteiger partial charge in [-0.2, -0.15) is 0 Å². The lowest BCUT2D eigenvalue weighted by molar-refractivity contribution is -0.129. The van der Waals surface area contributed by atoms with Crippen LogP contribution in [-0.2, 0) is 4.79 Å².